The van der Waals surface area contributed by atoms with Crippen LogP contribution in [-0.2, 0) is 16.1 Å². The van der Waals surface area contributed by atoms with Gasteiger partial charge in [0.2, 0.25) is 0 Å². The molecule has 1 saturated carbocycles. The van der Waals surface area contributed by atoms with Crippen LogP contribution in [0.5, 0.6) is 0 Å². The van der Waals surface area contributed by atoms with Gasteiger partial charge in [-0.2, -0.15) is 0 Å². The zero-order valence-corrected chi connectivity index (χ0v) is 29.9. The van der Waals surface area contributed by atoms with Crippen LogP contribution in [0, 0.1) is 5.92 Å². The maximum atomic E-state index is 5.65. The third-order valence-electron chi connectivity index (χ3n) is 6.83. The standard InChI is InChI=1S/C20H46O2Si7/c1-16(21-2)22-15-18-8-12-20(13-9-18)19-10-6-17(7-11-19)5-3-4-14-24-26-28-29-27-25-23/h8-9,12-13,16-17,19H,3-7,10-11,14-15,24-29H2,1-2,23H3. The van der Waals surface area contributed by atoms with Gasteiger partial charge in [-0.1, -0.05) is 49.6 Å². The van der Waals surface area contributed by atoms with E-state index in [1.165, 1.54) is 31.2 Å². The van der Waals surface area contributed by atoms with Gasteiger partial charge in [-0.05, 0) is 108 Å². The predicted molar refractivity (Wildman–Crippen MR) is 152 cm³/mol. The molecule has 0 amide bonds. The number of ether oxygens (including phenoxy) is 2. The van der Waals surface area contributed by atoms with Crippen LogP contribution >= 0.6 is 0 Å². The van der Waals surface area contributed by atoms with Gasteiger partial charge in [0, 0.05) is 16.1 Å². The van der Waals surface area contributed by atoms with Crippen molar-refractivity contribution in [1.82, 2.24) is 0 Å². The van der Waals surface area contributed by atoms with Crippen molar-refractivity contribution in [3.05, 3.63) is 35.4 Å². The molecule has 0 bridgehead atoms. The quantitative estimate of drug-likeness (QED) is 0.168. The van der Waals surface area contributed by atoms with Crippen LogP contribution in [0.2, 0.25) is 6.04 Å². The molecule has 1 atom stereocenters. The van der Waals surface area contributed by atoms with Gasteiger partial charge < -0.3 is 9.47 Å². The molecule has 1 aromatic rings. The summed E-state index contributed by atoms with van der Waals surface area (Å²) < 4.78 is 10.8. The fourth-order valence-electron chi connectivity index (χ4n) is 4.70. The van der Waals surface area contributed by atoms with E-state index in [4.69, 9.17) is 9.47 Å². The van der Waals surface area contributed by atoms with E-state index in [1.54, 1.807) is 47.7 Å². The average Bonchev–Trinajstić information content (AvgIpc) is 2.77. The first-order valence-corrected chi connectivity index (χ1v) is 39.1. The second-order valence-electron chi connectivity index (χ2n) is 9.19. The molecule has 0 saturated heterocycles. The first-order chi connectivity index (χ1) is 14.2. The number of methoxy groups -OCH3 is 1. The number of rotatable bonds is 15. The third kappa shape index (κ3) is 11.2. The molecule has 166 valence electrons. The molecule has 1 aliphatic rings. The van der Waals surface area contributed by atoms with Gasteiger partial charge in [0.15, 0.2) is 6.29 Å². The van der Waals surface area contributed by atoms with E-state index in [0.717, 1.165) is 46.1 Å². The van der Waals surface area contributed by atoms with Crippen LogP contribution in [0.4, 0.5) is 0 Å². The van der Waals surface area contributed by atoms with Crippen molar-refractivity contribution in [2.45, 2.75) is 76.7 Å². The van der Waals surface area contributed by atoms with Crippen molar-refractivity contribution in [2.75, 3.05) is 7.11 Å². The lowest BCUT2D eigenvalue weighted by molar-refractivity contribution is -0.118. The average molecular weight is 515 g/mol. The fourth-order valence-corrected chi connectivity index (χ4v) is 171. The number of hydrogen-bond donors (Lipinski definition) is 0. The highest BCUT2D eigenvalue weighted by molar-refractivity contribution is 7.61. The topological polar surface area (TPSA) is 18.5 Å². The molecule has 0 N–H and O–H groups in total. The summed E-state index contributed by atoms with van der Waals surface area (Å²) in [5.74, 6) is 1.84. The summed E-state index contributed by atoms with van der Waals surface area (Å²) in [5, 5.41) is 0. The van der Waals surface area contributed by atoms with E-state index < -0.39 is 0 Å². The van der Waals surface area contributed by atoms with E-state index in [0.29, 0.717) is 24.2 Å². The van der Waals surface area contributed by atoms with Gasteiger partial charge >= 0.3 is 0 Å². The Hall–Kier alpha value is 0.658. The monoisotopic (exact) mass is 514 g/mol. The molecule has 2 nitrogen and oxygen atoms in total. The fraction of sp³-hybridized carbons (Fsp3) is 0.700. The number of hydrogen-bond acceptors (Lipinski definition) is 2. The molecular weight excluding hydrogens is 469 g/mol. The van der Waals surface area contributed by atoms with E-state index in [1.807, 2.05) is 6.92 Å². The molecule has 0 spiro atoms. The van der Waals surface area contributed by atoms with Gasteiger partial charge in [0.1, 0.15) is 0 Å². The highest BCUT2D eigenvalue weighted by Crippen LogP contribution is 2.37. The Kier molecular flexibility index (Phi) is 14.6. The molecular formula is C20H46O2Si7. The smallest absolute Gasteiger partial charge is 0.154 e. The normalized spacial score (nSPS) is 23.2. The van der Waals surface area contributed by atoms with Gasteiger partial charge in [0.25, 0.3) is 0 Å². The third-order valence-corrected chi connectivity index (χ3v) is 104. The zero-order valence-electron chi connectivity index (χ0n) is 19.5. The Morgan fingerprint density at radius 1 is 1.00 bits per heavy atom. The lowest BCUT2D eigenvalue weighted by atomic mass is 9.77. The Morgan fingerprint density at radius 2 is 1.72 bits per heavy atom. The minimum Gasteiger partial charge on any atom is -0.356 e. The second kappa shape index (κ2) is 16.3. The first kappa shape index (κ1) is 25.9. The Bertz CT molecular complexity index is 524. The molecule has 2 rings (SSSR count). The zero-order chi connectivity index (χ0) is 20.7. The lowest BCUT2D eigenvalue weighted by Crippen LogP contribution is -2.26. The van der Waals surface area contributed by atoms with Crippen LogP contribution in [0.15, 0.2) is 24.3 Å². The Labute approximate surface area is 195 Å². The van der Waals surface area contributed by atoms with Gasteiger partial charge in [-0.3, -0.25) is 0 Å². The maximum Gasteiger partial charge on any atom is 0.154 e. The van der Waals surface area contributed by atoms with Crippen molar-refractivity contribution in [3.63, 3.8) is 0 Å². The van der Waals surface area contributed by atoms with E-state index in [-0.39, 0.29) is 6.29 Å². The van der Waals surface area contributed by atoms with Gasteiger partial charge in [-0.15, -0.1) is 0 Å². The summed E-state index contributed by atoms with van der Waals surface area (Å²) in [6, 6.07) is 10.9. The molecule has 0 heterocycles. The highest BCUT2D eigenvalue weighted by atomic mass is 29.9. The minimum atomic E-state index is -0.132. The molecule has 1 unspecified atom stereocenters. The summed E-state index contributed by atoms with van der Waals surface area (Å²) in [5.41, 5.74) is 2.80. The predicted octanol–water partition coefficient (Wildman–Crippen LogP) is -1.07. The van der Waals surface area contributed by atoms with Crippen molar-refractivity contribution in [3.8, 4) is 0 Å². The van der Waals surface area contributed by atoms with Crippen LogP contribution in [0.3, 0.4) is 0 Å². The van der Waals surface area contributed by atoms with Crippen LogP contribution < -0.4 is 0 Å². The molecule has 0 radical (unpaired) electrons. The lowest BCUT2D eigenvalue weighted by Gasteiger charge is -2.29. The largest absolute Gasteiger partial charge is 0.356 e. The van der Waals surface area contributed by atoms with Gasteiger partial charge in [-0.25, -0.2) is 0 Å². The van der Waals surface area contributed by atoms with Crippen LogP contribution in [-0.4, -0.2) is 75.0 Å². The second-order valence-corrected chi connectivity index (χ2v) is 62.5. The number of unbranched alkanes of at least 4 members (excludes halogenated alkanes) is 1. The van der Waals surface area contributed by atoms with Crippen LogP contribution in [0.1, 0.15) is 68.9 Å². The molecule has 9 heteroatoms. The SMILES string of the molecule is COC(C)OCc1ccc(C2CCC(CCCC[SiH2][SiH2][SiH2][SiH2][SiH2][SiH2][SiH3])CC2)cc1. The van der Waals surface area contributed by atoms with Crippen molar-refractivity contribution in [1.29, 1.82) is 0 Å². The summed E-state index contributed by atoms with van der Waals surface area (Å²) in [6.07, 6.45) is 10.4. The Morgan fingerprint density at radius 3 is 2.41 bits per heavy atom. The minimum absolute atomic E-state index is 0.132. The highest BCUT2D eigenvalue weighted by Gasteiger charge is 2.22. The molecule has 29 heavy (non-hydrogen) atoms. The van der Waals surface area contributed by atoms with E-state index >= 15 is 0 Å². The summed E-state index contributed by atoms with van der Waals surface area (Å²) in [7, 11) is 7.64. The van der Waals surface area contributed by atoms with Crippen molar-refractivity contribution >= 4 is 61.6 Å². The molecule has 1 aliphatic carbocycles. The van der Waals surface area contributed by atoms with Crippen LogP contribution in [0.25, 0.3) is 0 Å². The summed E-state index contributed by atoms with van der Waals surface area (Å²) in [6.45, 7) is 2.58. The van der Waals surface area contributed by atoms with E-state index in [9.17, 15) is 0 Å². The molecule has 0 aromatic heterocycles. The molecule has 1 aromatic carbocycles. The Balaban J connectivity index is 1.54. The van der Waals surface area contributed by atoms with Gasteiger partial charge in [0.05, 0.1) is 6.61 Å². The first-order valence-electron chi connectivity index (χ1n) is 12.5. The molecule has 0 aliphatic heterocycles. The van der Waals surface area contributed by atoms with Crippen molar-refractivity contribution < 1.29 is 9.47 Å². The maximum absolute atomic E-state index is 5.65. The number of benzene rings is 1. The molecule has 1 fully saturated rings. The van der Waals surface area contributed by atoms with E-state index in [2.05, 4.69) is 24.3 Å². The summed E-state index contributed by atoms with van der Waals surface area (Å²) >= 11 is 0. The summed E-state index contributed by atoms with van der Waals surface area (Å²) in [4.78, 5) is 0. The van der Waals surface area contributed by atoms with Crippen molar-refractivity contribution in [2.24, 2.45) is 5.92 Å².